The van der Waals surface area contributed by atoms with Crippen molar-refractivity contribution in [3.63, 3.8) is 0 Å². The number of nitrogens with zero attached hydrogens (tertiary/aromatic N) is 4. The predicted molar refractivity (Wildman–Crippen MR) is 91.2 cm³/mol. The zero-order valence-electron chi connectivity index (χ0n) is 13.0. The maximum absolute atomic E-state index is 12.0. The van der Waals surface area contributed by atoms with E-state index >= 15 is 0 Å². The van der Waals surface area contributed by atoms with Crippen LogP contribution in [0.25, 0.3) is 0 Å². The van der Waals surface area contributed by atoms with Crippen molar-refractivity contribution in [3.05, 3.63) is 36.0 Å². The molecule has 1 aliphatic rings. The summed E-state index contributed by atoms with van der Waals surface area (Å²) >= 11 is 0. The number of hydrogen-bond donors (Lipinski definition) is 6. The van der Waals surface area contributed by atoms with E-state index in [1.165, 1.54) is 23.2 Å². The Hall–Kier alpha value is -3.60. The van der Waals surface area contributed by atoms with Crippen molar-refractivity contribution in [2.24, 2.45) is 4.99 Å². The van der Waals surface area contributed by atoms with E-state index in [4.69, 9.17) is 16.6 Å². The molecule has 0 saturated heterocycles. The number of aliphatic imine (C=N–C) groups is 1. The van der Waals surface area contributed by atoms with E-state index in [1.807, 2.05) is 0 Å². The molecule has 130 valence electrons. The maximum Gasteiger partial charge on any atom is 0.205 e. The standard InChI is InChI=1S/C14H16N8O3/c15-13-9(5-17-21-13)19-7-3-8(12(25)4-11(7)24)20-10-6-18-22(1-2-23)14(10)16/h3-6,19,23,25H,1-2,16H2,(H3,15,17,21)/b20-8+. The molecule has 0 aliphatic heterocycles. The first-order valence-electron chi connectivity index (χ1n) is 7.23. The molecule has 0 saturated carbocycles. The summed E-state index contributed by atoms with van der Waals surface area (Å²) in [6.07, 6.45) is 5.23. The number of aromatic amines is 1. The van der Waals surface area contributed by atoms with Gasteiger partial charge in [0.05, 0.1) is 31.2 Å². The van der Waals surface area contributed by atoms with Gasteiger partial charge in [0, 0.05) is 6.08 Å². The van der Waals surface area contributed by atoms with E-state index < -0.39 is 5.78 Å². The zero-order valence-corrected chi connectivity index (χ0v) is 13.0. The molecule has 2 aromatic heterocycles. The van der Waals surface area contributed by atoms with Crippen molar-refractivity contribution >= 4 is 34.5 Å². The summed E-state index contributed by atoms with van der Waals surface area (Å²) in [6, 6.07) is 0. The van der Waals surface area contributed by atoms with E-state index in [1.54, 1.807) is 0 Å². The lowest BCUT2D eigenvalue weighted by molar-refractivity contribution is -0.111. The number of anilines is 3. The van der Waals surface area contributed by atoms with Crippen molar-refractivity contribution in [1.82, 2.24) is 20.0 Å². The Morgan fingerprint density at radius 2 is 2.12 bits per heavy atom. The fourth-order valence-electron chi connectivity index (χ4n) is 2.16. The summed E-state index contributed by atoms with van der Waals surface area (Å²) in [4.78, 5) is 16.3. The lowest BCUT2D eigenvalue weighted by Crippen LogP contribution is -2.18. The summed E-state index contributed by atoms with van der Waals surface area (Å²) in [5.41, 5.74) is 12.6. The number of aliphatic hydroxyl groups is 2. The van der Waals surface area contributed by atoms with Crippen LogP contribution in [0.3, 0.4) is 0 Å². The molecule has 0 spiro atoms. The fourth-order valence-corrected chi connectivity index (χ4v) is 2.16. The van der Waals surface area contributed by atoms with Crippen LogP contribution in [0.5, 0.6) is 0 Å². The largest absolute Gasteiger partial charge is 0.506 e. The van der Waals surface area contributed by atoms with Crippen molar-refractivity contribution in [2.45, 2.75) is 6.54 Å². The van der Waals surface area contributed by atoms with Crippen LogP contribution in [-0.2, 0) is 11.3 Å². The molecule has 2 heterocycles. The smallest absolute Gasteiger partial charge is 0.205 e. The second-order valence-electron chi connectivity index (χ2n) is 5.13. The minimum atomic E-state index is -0.444. The number of aromatic nitrogens is 4. The van der Waals surface area contributed by atoms with Gasteiger partial charge in [-0.2, -0.15) is 10.2 Å². The van der Waals surface area contributed by atoms with Gasteiger partial charge in [0.15, 0.2) is 0 Å². The van der Waals surface area contributed by atoms with Gasteiger partial charge in [-0.25, -0.2) is 9.67 Å². The molecule has 0 radical (unpaired) electrons. The fraction of sp³-hybridized carbons (Fsp3) is 0.143. The molecule has 0 unspecified atom stereocenters. The second-order valence-corrected chi connectivity index (χ2v) is 5.13. The molecule has 2 aromatic rings. The number of rotatable bonds is 5. The number of nitrogens with two attached hydrogens (primary N) is 2. The lowest BCUT2D eigenvalue weighted by atomic mass is 10.1. The average Bonchev–Trinajstić information content (AvgIpc) is 3.12. The number of nitrogens with one attached hydrogen (secondary N) is 2. The number of carbonyl (C=O) groups is 1. The molecular weight excluding hydrogens is 328 g/mol. The number of aliphatic hydroxyl groups excluding tert-OH is 2. The molecule has 0 atom stereocenters. The zero-order chi connectivity index (χ0) is 18.0. The molecule has 0 bridgehead atoms. The minimum Gasteiger partial charge on any atom is -0.506 e. The summed E-state index contributed by atoms with van der Waals surface area (Å²) in [7, 11) is 0. The van der Waals surface area contributed by atoms with Gasteiger partial charge in [-0.15, -0.1) is 0 Å². The molecule has 11 nitrogen and oxygen atoms in total. The summed E-state index contributed by atoms with van der Waals surface area (Å²) in [6.45, 7) is 0.0983. The first kappa shape index (κ1) is 16.3. The van der Waals surface area contributed by atoms with Crippen LogP contribution in [-0.4, -0.2) is 48.3 Å². The minimum absolute atomic E-state index is 0.123. The van der Waals surface area contributed by atoms with Gasteiger partial charge in [-0.3, -0.25) is 9.89 Å². The normalized spacial score (nSPS) is 16.0. The highest BCUT2D eigenvalue weighted by Gasteiger charge is 2.20. The van der Waals surface area contributed by atoms with E-state index in [0.29, 0.717) is 11.4 Å². The van der Waals surface area contributed by atoms with E-state index in [0.717, 1.165) is 6.08 Å². The SMILES string of the molecule is Nc1[nH]ncc1NC1=C/C(=N\c2cnn(CCO)c2N)C(O)=CC1=O. The Morgan fingerprint density at radius 3 is 2.80 bits per heavy atom. The van der Waals surface area contributed by atoms with Crippen molar-refractivity contribution < 1.29 is 15.0 Å². The van der Waals surface area contributed by atoms with E-state index in [2.05, 4.69) is 25.6 Å². The van der Waals surface area contributed by atoms with Crippen molar-refractivity contribution in [3.8, 4) is 0 Å². The Bertz CT molecular complexity index is 905. The van der Waals surface area contributed by atoms with Crippen LogP contribution in [0, 0.1) is 0 Å². The molecule has 1 aliphatic carbocycles. The van der Waals surface area contributed by atoms with Crippen molar-refractivity contribution in [2.75, 3.05) is 23.4 Å². The van der Waals surface area contributed by atoms with Crippen LogP contribution < -0.4 is 16.8 Å². The van der Waals surface area contributed by atoms with Crippen LogP contribution in [0.2, 0.25) is 0 Å². The van der Waals surface area contributed by atoms with Gasteiger partial charge in [-0.1, -0.05) is 0 Å². The molecular formula is C14H16N8O3. The van der Waals surface area contributed by atoms with Gasteiger partial charge in [0.1, 0.15) is 34.5 Å². The Balaban J connectivity index is 1.93. The molecule has 0 fully saturated rings. The number of allylic oxidation sites excluding steroid dienone is 2. The molecule has 25 heavy (non-hydrogen) atoms. The molecule has 0 amide bonds. The summed E-state index contributed by atoms with van der Waals surface area (Å²) in [5.74, 6) is -0.250. The number of hydrogen-bond acceptors (Lipinski definition) is 9. The highest BCUT2D eigenvalue weighted by atomic mass is 16.3. The van der Waals surface area contributed by atoms with Crippen LogP contribution >= 0.6 is 0 Å². The Kier molecular flexibility index (Phi) is 4.22. The topological polar surface area (TPSA) is 180 Å². The summed E-state index contributed by atoms with van der Waals surface area (Å²) < 4.78 is 1.38. The highest BCUT2D eigenvalue weighted by Crippen LogP contribution is 2.24. The predicted octanol–water partition coefficient (Wildman–Crippen LogP) is -0.144. The quantitative estimate of drug-likeness (QED) is 0.405. The number of carbonyl (C=O) groups excluding carboxylic acids is 1. The van der Waals surface area contributed by atoms with Gasteiger partial charge in [-0.05, 0) is 6.08 Å². The number of ketones is 1. The van der Waals surface area contributed by atoms with Gasteiger partial charge in [0.25, 0.3) is 0 Å². The van der Waals surface area contributed by atoms with Gasteiger partial charge in [0.2, 0.25) is 5.78 Å². The van der Waals surface area contributed by atoms with Crippen LogP contribution in [0.15, 0.2) is 41.0 Å². The third-order valence-corrected chi connectivity index (χ3v) is 3.43. The first-order chi connectivity index (χ1) is 12.0. The molecule has 11 heteroatoms. The Labute approximate surface area is 141 Å². The van der Waals surface area contributed by atoms with Crippen LogP contribution in [0.1, 0.15) is 0 Å². The molecule has 8 N–H and O–H groups in total. The molecule has 0 aromatic carbocycles. The summed E-state index contributed by atoms with van der Waals surface area (Å²) in [5, 5.41) is 32.0. The monoisotopic (exact) mass is 344 g/mol. The van der Waals surface area contributed by atoms with Crippen molar-refractivity contribution in [1.29, 1.82) is 0 Å². The lowest BCUT2D eigenvalue weighted by Gasteiger charge is -2.13. The van der Waals surface area contributed by atoms with E-state index in [-0.39, 0.29) is 42.0 Å². The van der Waals surface area contributed by atoms with E-state index in [9.17, 15) is 9.90 Å². The third-order valence-electron chi connectivity index (χ3n) is 3.43. The first-order valence-corrected chi connectivity index (χ1v) is 7.23. The second kappa shape index (κ2) is 6.49. The molecule has 3 rings (SSSR count). The average molecular weight is 344 g/mol. The highest BCUT2D eigenvalue weighted by molar-refractivity contribution is 6.22. The van der Waals surface area contributed by atoms with Gasteiger partial charge >= 0.3 is 0 Å². The number of H-pyrrole nitrogens is 1. The Morgan fingerprint density at radius 1 is 1.32 bits per heavy atom. The van der Waals surface area contributed by atoms with Gasteiger partial charge < -0.3 is 27.0 Å². The third kappa shape index (κ3) is 3.21. The van der Waals surface area contributed by atoms with Crippen LogP contribution in [0.4, 0.5) is 23.0 Å². The number of nitrogen functional groups attached to an aromatic ring is 2. The maximum atomic E-state index is 12.0.